The number of alkyl halides is 2. The lowest BCUT2D eigenvalue weighted by Crippen LogP contribution is -2.44. The quantitative estimate of drug-likeness (QED) is 0.223. The number of nitrogens with one attached hydrogen (secondary N) is 2. The van der Waals surface area contributed by atoms with Crippen molar-refractivity contribution in [1.29, 1.82) is 0 Å². The first-order valence-corrected chi connectivity index (χ1v) is 11.9. The summed E-state index contributed by atoms with van der Waals surface area (Å²) in [5, 5.41) is 0. The van der Waals surface area contributed by atoms with E-state index >= 15 is 0 Å². The van der Waals surface area contributed by atoms with Crippen molar-refractivity contribution in [3.05, 3.63) is 34.3 Å². The van der Waals surface area contributed by atoms with Crippen LogP contribution in [0.2, 0.25) is 0 Å². The number of likely N-dealkylation sites (tertiary alicyclic amines) is 1. The highest BCUT2D eigenvalue weighted by molar-refractivity contribution is 9.12. The zero-order valence-electron chi connectivity index (χ0n) is 16.0. The molecule has 9 nitrogen and oxygen atoms in total. The van der Waals surface area contributed by atoms with Crippen LogP contribution >= 0.6 is 47.8 Å². The molecule has 2 N–H and O–H groups in total. The second kappa shape index (κ2) is 10.2. The molecule has 1 saturated carbocycles. The van der Waals surface area contributed by atoms with Gasteiger partial charge in [-0.3, -0.25) is 39.7 Å². The van der Waals surface area contributed by atoms with Gasteiger partial charge in [-0.15, -0.1) is 0 Å². The standard InChI is InChI=1S/C19H18Br3N3O6/c20-10-3-1-9(2-4-10)17(28)24-23-15(26)8-31-16(27)7-25-18(29)11-5-13(21)14(22)6-12(11)19(25)30/h1-4,11-14H,5-8H2,(H,23,26)(H,24,28)/t11-,12-,13-,14+/m1/s1. The maximum atomic E-state index is 12.5. The van der Waals surface area contributed by atoms with Crippen molar-refractivity contribution in [3.63, 3.8) is 0 Å². The number of carbonyl (C=O) groups excluding carboxylic acids is 5. The zero-order chi connectivity index (χ0) is 22.7. The minimum absolute atomic E-state index is 0.0636. The summed E-state index contributed by atoms with van der Waals surface area (Å²) >= 11 is 10.2. The molecule has 3 rings (SSSR count). The van der Waals surface area contributed by atoms with Crippen LogP contribution in [0.4, 0.5) is 0 Å². The predicted molar refractivity (Wildman–Crippen MR) is 119 cm³/mol. The van der Waals surface area contributed by atoms with Gasteiger partial charge in [0.15, 0.2) is 6.61 Å². The first kappa shape index (κ1) is 23.9. The number of fused-ring (bicyclic) bond motifs is 1. The topological polar surface area (TPSA) is 122 Å². The third kappa shape index (κ3) is 5.72. The number of hydrogen-bond acceptors (Lipinski definition) is 6. The van der Waals surface area contributed by atoms with Gasteiger partial charge in [-0.05, 0) is 37.1 Å². The number of hydrogen-bond donors (Lipinski definition) is 2. The lowest BCUT2D eigenvalue weighted by molar-refractivity contribution is -0.155. The van der Waals surface area contributed by atoms with Crippen molar-refractivity contribution in [3.8, 4) is 0 Å². The van der Waals surface area contributed by atoms with Crippen molar-refractivity contribution in [2.24, 2.45) is 11.8 Å². The van der Waals surface area contributed by atoms with Crippen LogP contribution in [0.15, 0.2) is 28.7 Å². The number of ether oxygens (including phenoxy) is 1. The Balaban J connectivity index is 1.44. The number of carbonyl (C=O) groups is 5. The molecular formula is C19H18Br3N3O6. The summed E-state index contributed by atoms with van der Waals surface area (Å²) in [6, 6.07) is 6.46. The second-order valence-electron chi connectivity index (χ2n) is 7.15. The van der Waals surface area contributed by atoms with Crippen molar-refractivity contribution in [1.82, 2.24) is 15.8 Å². The minimum Gasteiger partial charge on any atom is -0.454 e. The van der Waals surface area contributed by atoms with Crippen LogP contribution in [0.1, 0.15) is 23.2 Å². The number of esters is 1. The van der Waals surface area contributed by atoms with Crippen molar-refractivity contribution in [2.45, 2.75) is 22.5 Å². The van der Waals surface area contributed by atoms with E-state index < -0.39 is 54.6 Å². The Bertz CT molecular complexity index is 882. The molecule has 166 valence electrons. The fourth-order valence-corrected chi connectivity index (χ4v) is 4.98. The molecule has 0 spiro atoms. The number of hydrazine groups is 1. The van der Waals surface area contributed by atoms with E-state index in [9.17, 15) is 24.0 Å². The van der Waals surface area contributed by atoms with E-state index in [1.807, 2.05) is 0 Å². The van der Waals surface area contributed by atoms with Crippen LogP contribution in [-0.4, -0.2) is 57.3 Å². The molecule has 1 heterocycles. The second-order valence-corrected chi connectivity index (χ2v) is 10.4. The smallest absolute Gasteiger partial charge is 0.326 e. The Kier molecular flexibility index (Phi) is 7.87. The molecular weight excluding hydrogens is 606 g/mol. The lowest BCUT2D eigenvalue weighted by atomic mass is 9.81. The summed E-state index contributed by atoms with van der Waals surface area (Å²) in [6.07, 6.45) is 0.994. The monoisotopic (exact) mass is 621 g/mol. The SMILES string of the molecule is O=C(COC(=O)CN1C(=O)[C@@H]2C[C@@H](Br)[C@@H](Br)C[C@H]2C1=O)NNC(=O)c1ccc(Br)cc1. The molecule has 4 amide bonds. The van der Waals surface area contributed by atoms with Crippen molar-refractivity contribution >= 4 is 77.4 Å². The van der Waals surface area contributed by atoms with Gasteiger partial charge < -0.3 is 4.74 Å². The summed E-state index contributed by atoms with van der Waals surface area (Å²) in [6.45, 7) is -1.22. The molecule has 0 bridgehead atoms. The van der Waals surface area contributed by atoms with E-state index in [1.54, 1.807) is 24.3 Å². The largest absolute Gasteiger partial charge is 0.454 e. The highest BCUT2D eigenvalue weighted by Crippen LogP contribution is 2.43. The third-order valence-corrected chi connectivity index (χ3v) is 8.34. The number of imide groups is 1. The fourth-order valence-electron chi connectivity index (χ4n) is 3.48. The summed E-state index contributed by atoms with van der Waals surface area (Å²) in [5.41, 5.74) is 4.65. The van der Waals surface area contributed by atoms with E-state index in [1.165, 1.54) is 0 Å². The average molecular weight is 624 g/mol. The molecule has 0 unspecified atom stereocenters. The Morgan fingerprint density at radius 2 is 1.52 bits per heavy atom. The van der Waals surface area contributed by atoms with Crippen LogP contribution in [-0.2, 0) is 23.9 Å². The van der Waals surface area contributed by atoms with E-state index in [0.717, 1.165) is 9.37 Å². The Hall–Kier alpha value is -1.79. The lowest BCUT2D eigenvalue weighted by Gasteiger charge is -2.29. The van der Waals surface area contributed by atoms with E-state index in [0.29, 0.717) is 18.4 Å². The highest BCUT2D eigenvalue weighted by atomic mass is 79.9. The maximum absolute atomic E-state index is 12.5. The van der Waals surface area contributed by atoms with Gasteiger partial charge in [0, 0.05) is 19.7 Å². The van der Waals surface area contributed by atoms with Gasteiger partial charge in [0.25, 0.3) is 11.8 Å². The molecule has 0 radical (unpaired) electrons. The molecule has 2 fully saturated rings. The molecule has 1 aliphatic carbocycles. The number of amides is 4. The molecule has 0 aromatic heterocycles. The highest BCUT2D eigenvalue weighted by Gasteiger charge is 2.52. The molecule has 2 aliphatic rings. The summed E-state index contributed by atoms with van der Waals surface area (Å²) in [4.78, 5) is 61.9. The Morgan fingerprint density at radius 3 is 2.06 bits per heavy atom. The van der Waals surface area contributed by atoms with Gasteiger partial charge in [-0.25, -0.2) is 0 Å². The van der Waals surface area contributed by atoms with Gasteiger partial charge in [-0.1, -0.05) is 47.8 Å². The van der Waals surface area contributed by atoms with Crippen molar-refractivity contribution < 1.29 is 28.7 Å². The van der Waals surface area contributed by atoms with E-state index in [4.69, 9.17) is 4.74 Å². The number of halogens is 3. The first-order valence-electron chi connectivity index (χ1n) is 9.31. The van der Waals surface area contributed by atoms with Crippen LogP contribution in [0.25, 0.3) is 0 Å². The van der Waals surface area contributed by atoms with Crippen LogP contribution in [0.5, 0.6) is 0 Å². The Labute approximate surface area is 203 Å². The maximum Gasteiger partial charge on any atom is 0.326 e. The molecule has 4 atom stereocenters. The number of nitrogens with zero attached hydrogens (tertiary/aromatic N) is 1. The average Bonchev–Trinajstić information content (AvgIpc) is 2.95. The summed E-state index contributed by atoms with van der Waals surface area (Å²) in [5.74, 6) is -3.93. The van der Waals surface area contributed by atoms with Gasteiger partial charge in [-0.2, -0.15) is 0 Å². The molecule has 12 heteroatoms. The van der Waals surface area contributed by atoms with Crippen LogP contribution < -0.4 is 10.9 Å². The zero-order valence-corrected chi connectivity index (χ0v) is 20.7. The van der Waals surface area contributed by atoms with Gasteiger partial charge >= 0.3 is 5.97 Å². The van der Waals surface area contributed by atoms with Gasteiger partial charge in [0.2, 0.25) is 11.8 Å². The van der Waals surface area contributed by atoms with Crippen LogP contribution in [0, 0.1) is 11.8 Å². The molecule has 1 aromatic carbocycles. The molecule has 1 aromatic rings. The summed E-state index contributed by atoms with van der Waals surface area (Å²) < 4.78 is 5.64. The third-order valence-electron chi connectivity index (χ3n) is 5.08. The van der Waals surface area contributed by atoms with E-state index in [2.05, 4.69) is 58.6 Å². The number of benzene rings is 1. The van der Waals surface area contributed by atoms with Crippen molar-refractivity contribution in [2.75, 3.05) is 13.2 Å². The number of rotatable bonds is 5. The van der Waals surface area contributed by atoms with Gasteiger partial charge in [0.05, 0.1) is 11.8 Å². The molecule has 1 aliphatic heterocycles. The molecule has 31 heavy (non-hydrogen) atoms. The Morgan fingerprint density at radius 1 is 0.968 bits per heavy atom. The van der Waals surface area contributed by atoms with Crippen LogP contribution in [0.3, 0.4) is 0 Å². The summed E-state index contributed by atoms with van der Waals surface area (Å²) in [7, 11) is 0. The molecule has 1 saturated heterocycles. The van der Waals surface area contributed by atoms with Gasteiger partial charge in [0.1, 0.15) is 6.54 Å². The van der Waals surface area contributed by atoms with E-state index in [-0.39, 0.29) is 9.65 Å². The normalized spacial score (nSPS) is 25.1. The predicted octanol–water partition coefficient (Wildman–Crippen LogP) is 1.68. The first-order chi connectivity index (χ1) is 14.7. The fraction of sp³-hybridized carbons (Fsp3) is 0.421. The minimum atomic E-state index is -0.888.